The Morgan fingerprint density at radius 2 is 2.00 bits per heavy atom. The quantitative estimate of drug-likeness (QED) is 0.786. The molecular weight excluding hydrogens is 176 g/mol. The molecule has 3 nitrogen and oxygen atoms in total. The lowest BCUT2D eigenvalue weighted by atomic mass is 10.2. The van der Waals surface area contributed by atoms with Gasteiger partial charge in [-0.1, -0.05) is 20.3 Å². The number of rotatable bonds is 5. The van der Waals surface area contributed by atoms with Gasteiger partial charge in [0.05, 0.1) is 5.69 Å². The third kappa shape index (κ3) is 2.28. The maximum absolute atomic E-state index is 9.79. The van der Waals surface area contributed by atoms with Gasteiger partial charge in [-0.25, -0.2) is 0 Å². The molecule has 14 heavy (non-hydrogen) atoms. The molecule has 80 valence electrons. The van der Waals surface area contributed by atoms with Crippen molar-refractivity contribution in [2.24, 2.45) is 0 Å². The van der Waals surface area contributed by atoms with Crippen LogP contribution in [0.2, 0.25) is 0 Å². The molecule has 0 aliphatic rings. The van der Waals surface area contributed by atoms with E-state index in [9.17, 15) is 5.11 Å². The molecule has 0 amide bonds. The molecule has 0 radical (unpaired) electrons. The highest BCUT2D eigenvalue weighted by Gasteiger charge is 2.12. The van der Waals surface area contributed by atoms with Crippen molar-refractivity contribution in [1.29, 1.82) is 0 Å². The van der Waals surface area contributed by atoms with Crippen molar-refractivity contribution in [1.82, 2.24) is 9.78 Å². The molecule has 0 bridgehead atoms. The van der Waals surface area contributed by atoms with Crippen LogP contribution < -0.4 is 0 Å². The molecule has 0 spiro atoms. The topological polar surface area (TPSA) is 38.1 Å². The molecule has 0 aliphatic heterocycles. The van der Waals surface area contributed by atoms with Gasteiger partial charge in [0.15, 0.2) is 5.75 Å². The van der Waals surface area contributed by atoms with Crippen LogP contribution in [0.1, 0.15) is 44.5 Å². The van der Waals surface area contributed by atoms with E-state index in [2.05, 4.69) is 18.9 Å². The average Bonchev–Trinajstić information content (AvgIpc) is 2.42. The number of aromatic hydroxyl groups is 1. The normalized spacial score (nSPS) is 10.8. The number of nitrogens with zero attached hydrogens (tertiary/aromatic N) is 2. The van der Waals surface area contributed by atoms with E-state index >= 15 is 0 Å². The summed E-state index contributed by atoms with van der Waals surface area (Å²) in [5, 5.41) is 14.1. The lowest BCUT2D eigenvalue weighted by Crippen LogP contribution is -2.04. The van der Waals surface area contributed by atoms with Crippen LogP contribution >= 0.6 is 0 Å². The Labute approximate surface area is 85.8 Å². The Morgan fingerprint density at radius 1 is 1.29 bits per heavy atom. The summed E-state index contributed by atoms with van der Waals surface area (Å²) in [4.78, 5) is 0. The molecule has 0 aliphatic carbocycles. The van der Waals surface area contributed by atoms with Crippen LogP contribution in [0, 0.1) is 6.92 Å². The number of aromatic nitrogens is 2. The van der Waals surface area contributed by atoms with Crippen molar-refractivity contribution >= 4 is 0 Å². The molecule has 1 aromatic rings. The van der Waals surface area contributed by atoms with Crippen molar-refractivity contribution in [3.05, 3.63) is 11.4 Å². The Morgan fingerprint density at radius 3 is 2.57 bits per heavy atom. The molecule has 0 saturated heterocycles. The summed E-state index contributed by atoms with van der Waals surface area (Å²) < 4.78 is 1.94. The van der Waals surface area contributed by atoms with Crippen molar-refractivity contribution in [2.75, 3.05) is 0 Å². The Balaban J connectivity index is 2.85. The molecular formula is C11H20N2O. The van der Waals surface area contributed by atoms with E-state index in [1.165, 1.54) is 0 Å². The zero-order chi connectivity index (χ0) is 10.6. The minimum atomic E-state index is 0.395. The van der Waals surface area contributed by atoms with Crippen LogP contribution in [0.5, 0.6) is 5.75 Å². The highest BCUT2D eigenvalue weighted by Crippen LogP contribution is 2.23. The number of aryl methyl sites for hydroxylation is 2. The third-order valence-corrected chi connectivity index (χ3v) is 2.40. The van der Waals surface area contributed by atoms with Crippen LogP contribution in [-0.2, 0) is 13.0 Å². The van der Waals surface area contributed by atoms with Gasteiger partial charge in [0.1, 0.15) is 5.69 Å². The summed E-state index contributed by atoms with van der Waals surface area (Å²) in [7, 11) is 0. The molecule has 1 aromatic heterocycles. The molecule has 0 fully saturated rings. The van der Waals surface area contributed by atoms with Crippen LogP contribution in [0.25, 0.3) is 0 Å². The lowest BCUT2D eigenvalue weighted by Gasteiger charge is -2.05. The van der Waals surface area contributed by atoms with E-state index in [-0.39, 0.29) is 0 Å². The van der Waals surface area contributed by atoms with E-state index in [0.717, 1.165) is 43.6 Å². The highest BCUT2D eigenvalue weighted by molar-refractivity contribution is 5.31. The fraction of sp³-hybridized carbons (Fsp3) is 0.727. The zero-order valence-corrected chi connectivity index (χ0v) is 9.38. The first kappa shape index (κ1) is 11.1. The first-order chi connectivity index (χ1) is 6.70. The van der Waals surface area contributed by atoms with Crippen LogP contribution in [0.4, 0.5) is 0 Å². The van der Waals surface area contributed by atoms with E-state index in [0.29, 0.717) is 5.75 Å². The van der Waals surface area contributed by atoms with Crippen molar-refractivity contribution < 1.29 is 5.11 Å². The first-order valence-corrected chi connectivity index (χ1v) is 5.45. The molecule has 3 heteroatoms. The maximum atomic E-state index is 9.79. The van der Waals surface area contributed by atoms with Gasteiger partial charge in [-0.3, -0.25) is 4.68 Å². The van der Waals surface area contributed by atoms with Crippen LogP contribution in [0.15, 0.2) is 0 Å². The second-order valence-corrected chi connectivity index (χ2v) is 3.71. The van der Waals surface area contributed by atoms with Gasteiger partial charge in [0.2, 0.25) is 0 Å². The summed E-state index contributed by atoms with van der Waals surface area (Å²) in [6.45, 7) is 7.04. The molecule has 0 unspecified atom stereocenters. The average molecular weight is 196 g/mol. The first-order valence-electron chi connectivity index (χ1n) is 5.45. The Kier molecular flexibility index (Phi) is 3.98. The summed E-state index contributed by atoms with van der Waals surface area (Å²) in [6, 6.07) is 0. The number of hydrogen-bond acceptors (Lipinski definition) is 2. The molecule has 0 aromatic carbocycles. The van der Waals surface area contributed by atoms with Gasteiger partial charge in [-0.05, 0) is 26.2 Å². The van der Waals surface area contributed by atoms with E-state index in [1.807, 2.05) is 11.6 Å². The smallest absolute Gasteiger partial charge is 0.159 e. The summed E-state index contributed by atoms with van der Waals surface area (Å²) in [5.41, 5.74) is 1.76. The zero-order valence-electron chi connectivity index (χ0n) is 9.38. The summed E-state index contributed by atoms with van der Waals surface area (Å²) >= 11 is 0. The molecule has 1 N–H and O–H groups in total. The standard InChI is InChI=1S/C11H20N2O/c1-4-6-7-10-11(14)9(3)12-13(10)8-5-2/h14H,4-8H2,1-3H3. The van der Waals surface area contributed by atoms with Crippen molar-refractivity contribution in [2.45, 2.75) is 53.0 Å². The lowest BCUT2D eigenvalue weighted by molar-refractivity contribution is 0.457. The Bertz CT molecular complexity index is 292. The monoisotopic (exact) mass is 196 g/mol. The minimum Gasteiger partial charge on any atom is -0.504 e. The SMILES string of the molecule is CCCCc1c(O)c(C)nn1CCC. The minimum absolute atomic E-state index is 0.395. The van der Waals surface area contributed by atoms with Gasteiger partial charge in [0, 0.05) is 6.54 Å². The van der Waals surface area contributed by atoms with E-state index in [1.54, 1.807) is 0 Å². The van der Waals surface area contributed by atoms with Gasteiger partial charge < -0.3 is 5.11 Å². The third-order valence-electron chi connectivity index (χ3n) is 2.40. The Hall–Kier alpha value is -0.990. The van der Waals surface area contributed by atoms with Gasteiger partial charge in [0.25, 0.3) is 0 Å². The molecule has 0 saturated carbocycles. The fourth-order valence-electron chi connectivity index (χ4n) is 1.61. The van der Waals surface area contributed by atoms with Gasteiger partial charge in [-0.15, -0.1) is 0 Å². The van der Waals surface area contributed by atoms with Crippen LogP contribution in [-0.4, -0.2) is 14.9 Å². The number of unbranched alkanes of at least 4 members (excludes halogenated alkanes) is 1. The fourth-order valence-corrected chi connectivity index (χ4v) is 1.61. The predicted molar refractivity (Wildman–Crippen MR) is 57.5 cm³/mol. The number of hydrogen-bond donors (Lipinski definition) is 1. The van der Waals surface area contributed by atoms with Crippen molar-refractivity contribution in [3.63, 3.8) is 0 Å². The van der Waals surface area contributed by atoms with Crippen molar-refractivity contribution in [3.8, 4) is 5.75 Å². The van der Waals surface area contributed by atoms with Gasteiger partial charge in [-0.2, -0.15) is 5.10 Å². The maximum Gasteiger partial charge on any atom is 0.159 e. The predicted octanol–water partition coefficient (Wildman–Crippen LogP) is 2.65. The van der Waals surface area contributed by atoms with E-state index in [4.69, 9.17) is 0 Å². The second-order valence-electron chi connectivity index (χ2n) is 3.71. The van der Waals surface area contributed by atoms with Gasteiger partial charge >= 0.3 is 0 Å². The molecule has 1 rings (SSSR count). The van der Waals surface area contributed by atoms with E-state index < -0.39 is 0 Å². The summed E-state index contributed by atoms with van der Waals surface area (Å²) in [6.07, 6.45) is 4.25. The van der Waals surface area contributed by atoms with Crippen LogP contribution in [0.3, 0.4) is 0 Å². The molecule has 0 atom stereocenters. The largest absolute Gasteiger partial charge is 0.504 e. The highest BCUT2D eigenvalue weighted by atomic mass is 16.3. The second kappa shape index (κ2) is 5.03. The molecule has 1 heterocycles. The summed E-state index contributed by atoms with van der Waals surface area (Å²) in [5.74, 6) is 0.395.